The van der Waals surface area contributed by atoms with Gasteiger partial charge >= 0.3 is 0 Å². The summed E-state index contributed by atoms with van der Waals surface area (Å²) in [7, 11) is 1.63. The van der Waals surface area contributed by atoms with E-state index in [2.05, 4.69) is 15.0 Å². The van der Waals surface area contributed by atoms with Gasteiger partial charge in [0, 0.05) is 23.4 Å². The monoisotopic (exact) mass is 403 g/mol. The van der Waals surface area contributed by atoms with Crippen molar-refractivity contribution in [2.24, 2.45) is 0 Å². The molecular formula is C19H12Cl3N3O. The number of fused-ring (bicyclic) bond motifs is 1. The van der Waals surface area contributed by atoms with E-state index in [4.69, 9.17) is 39.5 Å². The number of aromatic nitrogens is 3. The Morgan fingerprint density at radius 2 is 1.81 bits per heavy atom. The standard InChI is InChI=1S/C19H12Cl3N3O/c1-26-12-3-5-16-17(8-12)25-19(24-16)10-2-4-13(14(21)6-10)18-15(22)7-11(20)9-23-18/h2-9H,1H3,(H,24,25). The van der Waals surface area contributed by atoms with Crippen molar-refractivity contribution >= 4 is 45.8 Å². The van der Waals surface area contributed by atoms with Crippen LogP contribution >= 0.6 is 34.8 Å². The van der Waals surface area contributed by atoms with Crippen molar-refractivity contribution in [2.45, 2.75) is 0 Å². The van der Waals surface area contributed by atoms with Crippen LogP contribution in [0.4, 0.5) is 0 Å². The topological polar surface area (TPSA) is 50.8 Å². The second kappa shape index (κ2) is 6.80. The van der Waals surface area contributed by atoms with E-state index in [0.29, 0.717) is 20.8 Å². The van der Waals surface area contributed by atoms with Gasteiger partial charge in [0.15, 0.2) is 0 Å². The first-order valence-electron chi connectivity index (χ1n) is 7.70. The fraction of sp³-hybridized carbons (Fsp3) is 0.0526. The number of rotatable bonds is 3. The zero-order valence-electron chi connectivity index (χ0n) is 13.6. The first kappa shape index (κ1) is 17.2. The molecule has 4 aromatic rings. The van der Waals surface area contributed by atoms with E-state index in [9.17, 15) is 0 Å². The minimum Gasteiger partial charge on any atom is -0.497 e. The number of pyridine rings is 1. The molecule has 4 rings (SSSR count). The number of hydrogen-bond acceptors (Lipinski definition) is 3. The second-order valence-corrected chi connectivity index (χ2v) is 6.90. The fourth-order valence-electron chi connectivity index (χ4n) is 2.72. The average molecular weight is 405 g/mol. The highest BCUT2D eigenvalue weighted by Crippen LogP contribution is 2.35. The number of benzene rings is 2. The van der Waals surface area contributed by atoms with Crippen LogP contribution in [0.3, 0.4) is 0 Å². The largest absolute Gasteiger partial charge is 0.497 e. The minimum absolute atomic E-state index is 0.447. The summed E-state index contributed by atoms with van der Waals surface area (Å²) in [6, 6.07) is 13.0. The number of hydrogen-bond donors (Lipinski definition) is 1. The Morgan fingerprint density at radius 3 is 2.54 bits per heavy atom. The summed E-state index contributed by atoms with van der Waals surface area (Å²) in [5, 5.41) is 1.45. The average Bonchev–Trinajstić information content (AvgIpc) is 3.05. The third-order valence-corrected chi connectivity index (χ3v) is 4.80. The lowest BCUT2D eigenvalue weighted by molar-refractivity contribution is 0.415. The molecule has 0 aliphatic heterocycles. The molecule has 130 valence electrons. The van der Waals surface area contributed by atoms with Crippen molar-refractivity contribution < 1.29 is 4.74 Å². The molecular weight excluding hydrogens is 393 g/mol. The van der Waals surface area contributed by atoms with Crippen molar-refractivity contribution in [3.8, 4) is 28.4 Å². The van der Waals surface area contributed by atoms with Gasteiger partial charge < -0.3 is 9.72 Å². The summed E-state index contributed by atoms with van der Waals surface area (Å²) in [5.74, 6) is 1.48. The Balaban J connectivity index is 1.76. The van der Waals surface area contributed by atoms with Crippen molar-refractivity contribution in [3.63, 3.8) is 0 Å². The number of H-pyrrole nitrogens is 1. The van der Waals surface area contributed by atoms with Crippen LogP contribution in [-0.2, 0) is 0 Å². The molecule has 0 aliphatic rings. The molecule has 26 heavy (non-hydrogen) atoms. The molecule has 0 saturated carbocycles. The van der Waals surface area contributed by atoms with Crippen LogP contribution in [0.25, 0.3) is 33.7 Å². The Hall–Kier alpha value is -2.27. The number of nitrogens with one attached hydrogen (secondary N) is 1. The number of aromatic amines is 1. The summed E-state index contributed by atoms with van der Waals surface area (Å²) >= 11 is 18.6. The molecule has 0 fully saturated rings. The van der Waals surface area contributed by atoms with Crippen LogP contribution in [-0.4, -0.2) is 22.1 Å². The highest BCUT2D eigenvalue weighted by molar-refractivity contribution is 6.37. The first-order valence-corrected chi connectivity index (χ1v) is 8.83. The van der Waals surface area contributed by atoms with E-state index < -0.39 is 0 Å². The SMILES string of the molecule is COc1ccc2[nH]c(-c3ccc(-c4ncc(Cl)cc4Cl)c(Cl)c3)nc2c1. The minimum atomic E-state index is 0.447. The molecule has 2 aromatic heterocycles. The van der Waals surface area contributed by atoms with Crippen LogP contribution in [0, 0.1) is 0 Å². The van der Waals surface area contributed by atoms with Gasteiger partial charge in [0.1, 0.15) is 11.6 Å². The molecule has 0 spiro atoms. The van der Waals surface area contributed by atoms with Gasteiger partial charge in [-0.3, -0.25) is 4.98 Å². The zero-order valence-corrected chi connectivity index (χ0v) is 15.8. The molecule has 0 saturated heterocycles. The summed E-state index contributed by atoms with van der Waals surface area (Å²) < 4.78 is 5.24. The summed E-state index contributed by atoms with van der Waals surface area (Å²) in [5.41, 5.74) is 3.92. The van der Waals surface area contributed by atoms with Gasteiger partial charge in [-0.2, -0.15) is 0 Å². The third-order valence-electron chi connectivity index (χ3n) is 4.00. The van der Waals surface area contributed by atoms with Crippen LogP contribution in [0.1, 0.15) is 0 Å². The van der Waals surface area contributed by atoms with E-state index >= 15 is 0 Å². The van der Waals surface area contributed by atoms with E-state index in [-0.39, 0.29) is 0 Å². The molecule has 0 atom stereocenters. The smallest absolute Gasteiger partial charge is 0.138 e. The molecule has 2 heterocycles. The molecule has 0 aliphatic carbocycles. The van der Waals surface area contributed by atoms with E-state index in [0.717, 1.165) is 33.7 Å². The summed E-state index contributed by atoms with van der Waals surface area (Å²) in [4.78, 5) is 12.2. The van der Waals surface area contributed by atoms with Crippen LogP contribution in [0.2, 0.25) is 15.1 Å². The lowest BCUT2D eigenvalue weighted by atomic mass is 10.1. The van der Waals surface area contributed by atoms with Crippen molar-refractivity contribution in [2.75, 3.05) is 7.11 Å². The molecule has 0 radical (unpaired) electrons. The molecule has 1 N–H and O–H groups in total. The van der Waals surface area contributed by atoms with Crippen LogP contribution in [0.15, 0.2) is 48.7 Å². The maximum absolute atomic E-state index is 6.48. The van der Waals surface area contributed by atoms with Crippen LogP contribution < -0.4 is 4.74 Å². The zero-order chi connectivity index (χ0) is 18.3. The summed E-state index contributed by atoms with van der Waals surface area (Å²) in [6.07, 6.45) is 1.54. The first-order chi connectivity index (χ1) is 12.5. The number of methoxy groups -OCH3 is 1. The van der Waals surface area contributed by atoms with Gasteiger partial charge in [-0.25, -0.2) is 4.98 Å². The highest BCUT2D eigenvalue weighted by Gasteiger charge is 2.13. The fourth-order valence-corrected chi connectivity index (χ4v) is 3.47. The predicted molar refractivity (Wildman–Crippen MR) is 106 cm³/mol. The van der Waals surface area contributed by atoms with E-state index in [1.165, 1.54) is 0 Å². The van der Waals surface area contributed by atoms with Crippen molar-refractivity contribution in [1.82, 2.24) is 15.0 Å². The van der Waals surface area contributed by atoms with Crippen LogP contribution in [0.5, 0.6) is 5.75 Å². The van der Waals surface area contributed by atoms with Gasteiger partial charge in [-0.05, 0) is 24.3 Å². The van der Waals surface area contributed by atoms with E-state index in [1.807, 2.05) is 36.4 Å². The van der Waals surface area contributed by atoms with Gasteiger partial charge in [0.25, 0.3) is 0 Å². The molecule has 2 aromatic carbocycles. The molecule has 0 amide bonds. The second-order valence-electron chi connectivity index (χ2n) is 5.65. The number of ether oxygens (including phenoxy) is 1. The number of nitrogens with zero attached hydrogens (tertiary/aromatic N) is 2. The number of imidazole rings is 1. The highest BCUT2D eigenvalue weighted by atomic mass is 35.5. The van der Waals surface area contributed by atoms with Gasteiger partial charge in [-0.1, -0.05) is 46.9 Å². The Bertz CT molecular complexity index is 1120. The molecule has 0 unspecified atom stereocenters. The maximum atomic E-state index is 6.48. The molecule has 7 heteroatoms. The third kappa shape index (κ3) is 3.12. The lowest BCUT2D eigenvalue weighted by Gasteiger charge is -2.07. The van der Waals surface area contributed by atoms with Gasteiger partial charge in [0.05, 0.1) is 38.9 Å². The predicted octanol–water partition coefficient (Wildman–Crippen LogP) is 6.26. The Labute approximate surface area is 164 Å². The van der Waals surface area contributed by atoms with Gasteiger partial charge in [-0.15, -0.1) is 0 Å². The molecule has 0 bridgehead atoms. The van der Waals surface area contributed by atoms with Gasteiger partial charge in [0.2, 0.25) is 0 Å². The Morgan fingerprint density at radius 1 is 0.962 bits per heavy atom. The Kier molecular flexibility index (Phi) is 4.49. The maximum Gasteiger partial charge on any atom is 0.138 e. The summed E-state index contributed by atoms with van der Waals surface area (Å²) in [6.45, 7) is 0. The molecule has 4 nitrogen and oxygen atoms in total. The number of halogens is 3. The van der Waals surface area contributed by atoms with Crippen molar-refractivity contribution in [1.29, 1.82) is 0 Å². The quantitative estimate of drug-likeness (QED) is 0.438. The normalized spacial score (nSPS) is 11.1. The van der Waals surface area contributed by atoms with E-state index in [1.54, 1.807) is 19.4 Å². The lowest BCUT2D eigenvalue weighted by Crippen LogP contribution is -1.88. The van der Waals surface area contributed by atoms with Crippen molar-refractivity contribution in [3.05, 3.63) is 63.7 Å².